The van der Waals surface area contributed by atoms with E-state index in [0.717, 1.165) is 42.9 Å². The lowest BCUT2D eigenvalue weighted by molar-refractivity contribution is -0.125. The van der Waals surface area contributed by atoms with Crippen LogP contribution in [0, 0.1) is 5.92 Å². The highest BCUT2D eigenvalue weighted by Crippen LogP contribution is 2.23. The van der Waals surface area contributed by atoms with Gasteiger partial charge in [0, 0.05) is 6.04 Å². The molecule has 0 spiro atoms. The van der Waals surface area contributed by atoms with Crippen molar-refractivity contribution in [1.29, 1.82) is 0 Å². The van der Waals surface area contributed by atoms with E-state index >= 15 is 0 Å². The van der Waals surface area contributed by atoms with Crippen LogP contribution in [0.2, 0.25) is 0 Å². The molecule has 1 N–H and O–H groups in total. The monoisotopic (exact) mass is 323 g/mol. The van der Waals surface area contributed by atoms with E-state index in [2.05, 4.69) is 12.2 Å². The first kappa shape index (κ1) is 16.7. The van der Waals surface area contributed by atoms with Crippen molar-refractivity contribution in [2.45, 2.75) is 45.6 Å². The number of carbonyl (C=O) groups excluding carboxylic acids is 3. The van der Waals surface area contributed by atoms with Crippen LogP contribution >= 0.6 is 11.3 Å². The number of amides is 1. The summed E-state index contributed by atoms with van der Waals surface area (Å²) in [4.78, 5) is 35.7. The molecule has 120 valence electrons. The van der Waals surface area contributed by atoms with Crippen molar-refractivity contribution in [1.82, 2.24) is 5.32 Å². The van der Waals surface area contributed by atoms with E-state index in [1.807, 2.05) is 0 Å². The van der Waals surface area contributed by atoms with Gasteiger partial charge in [-0.15, -0.1) is 11.3 Å². The van der Waals surface area contributed by atoms with Gasteiger partial charge in [-0.25, -0.2) is 4.79 Å². The first-order valence-corrected chi connectivity index (χ1v) is 8.34. The molecule has 1 aromatic rings. The SMILES string of the molecule is CC(=O)c1ccc(C(=O)OCC(=O)NC2CCC(C)CC2)s1. The highest BCUT2D eigenvalue weighted by atomic mass is 32.1. The van der Waals surface area contributed by atoms with Crippen LogP contribution in [0.25, 0.3) is 0 Å². The summed E-state index contributed by atoms with van der Waals surface area (Å²) in [7, 11) is 0. The highest BCUT2D eigenvalue weighted by Gasteiger charge is 2.20. The van der Waals surface area contributed by atoms with Crippen molar-refractivity contribution < 1.29 is 19.1 Å². The minimum Gasteiger partial charge on any atom is -0.451 e. The van der Waals surface area contributed by atoms with E-state index in [1.54, 1.807) is 12.1 Å². The Labute approximate surface area is 134 Å². The van der Waals surface area contributed by atoms with Crippen molar-refractivity contribution in [3.8, 4) is 0 Å². The molecule has 1 aliphatic carbocycles. The molecule has 0 bridgehead atoms. The normalized spacial score (nSPS) is 21.2. The van der Waals surface area contributed by atoms with Crippen LogP contribution in [0.5, 0.6) is 0 Å². The zero-order valence-corrected chi connectivity index (χ0v) is 13.7. The zero-order valence-electron chi connectivity index (χ0n) is 12.9. The van der Waals surface area contributed by atoms with Crippen LogP contribution < -0.4 is 5.32 Å². The molecule has 0 saturated heterocycles. The molecule has 1 heterocycles. The summed E-state index contributed by atoms with van der Waals surface area (Å²) in [6.07, 6.45) is 4.20. The lowest BCUT2D eigenvalue weighted by atomic mass is 9.87. The van der Waals surface area contributed by atoms with Gasteiger partial charge < -0.3 is 10.1 Å². The smallest absolute Gasteiger partial charge is 0.348 e. The van der Waals surface area contributed by atoms with E-state index in [1.165, 1.54) is 6.92 Å². The van der Waals surface area contributed by atoms with Gasteiger partial charge in [0.05, 0.1) is 4.88 Å². The van der Waals surface area contributed by atoms with Gasteiger partial charge in [-0.2, -0.15) is 0 Å². The fraction of sp³-hybridized carbons (Fsp3) is 0.562. The van der Waals surface area contributed by atoms with Gasteiger partial charge in [0.25, 0.3) is 5.91 Å². The molecule has 0 unspecified atom stereocenters. The number of ketones is 1. The topological polar surface area (TPSA) is 72.5 Å². The minimum absolute atomic E-state index is 0.0895. The molecule has 6 heteroatoms. The predicted octanol–water partition coefficient (Wildman–Crippen LogP) is 2.80. The van der Waals surface area contributed by atoms with Crippen LogP contribution in [0.1, 0.15) is 58.9 Å². The molecule has 1 aliphatic rings. The fourth-order valence-electron chi connectivity index (χ4n) is 2.51. The molecule has 0 radical (unpaired) electrons. The van der Waals surface area contributed by atoms with E-state index in [9.17, 15) is 14.4 Å². The maximum atomic E-state index is 11.8. The van der Waals surface area contributed by atoms with Gasteiger partial charge in [-0.05, 0) is 50.7 Å². The van der Waals surface area contributed by atoms with E-state index in [4.69, 9.17) is 4.74 Å². The molecule has 1 aromatic heterocycles. The summed E-state index contributed by atoms with van der Waals surface area (Å²) < 4.78 is 4.99. The Kier molecular flexibility index (Phi) is 5.71. The molecule has 22 heavy (non-hydrogen) atoms. The summed E-state index contributed by atoms with van der Waals surface area (Å²) >= 11 is 1.08. The largest absolute Gasteiger partial charge is 0.451 e. The summed E-state index contributed by atoms with van der Waals surface area (Å²) in [5, 5.41) is 2.90. The van der Waals surface area contributed by atoms with Gasteiger partial charge in [-0.1, -0.05) is 6.92 Å². The van der Waals surface area contributed by atoms with Crippen LogP contribution in [0.15, 0.2) is 12.1 Å². The molecular formula is C16H21NO4S. The molecule has 1 fully saturated rings. The highest BCUT2D eigenvalue weighted by molar-refractivity contribution is 7.15. The summed E-state index contributed by atoms with van der Waals surface area (Å²) in [5.41, 5.74) is 0. The van der Waals surface area contributed by atoms with Gasteiger partial charge in [0.15, 0.2) is 12.4 Å². The van der Waals surface area contributed by atoms with Crippen LogP contribution in [0.4, 0.5) is 0 Å². The Morgan fingerprint density at radius 2 is 1.82 bits per heavy atom. The second-order valence-electron chi connectivity index (χ2n) is 5.82. The quantitative estimate of drug-likeness (QED) is 0.668. The first-order valence-electron chi connectivity index (χ1n) is 7.53. The molecule has 5 nitrogen and oxygen atoms in total. The number of carbonyl (C=O) groups is 3. The Balaban J connectivity index is 1.75. The number of rotatable bonds is 5. The van der Waals surface area contributed by atoms with Crippen LogP contribution in [-0.4, -0.2) is 30.3 Å². The van der Waals surface area contributed by atoms with Gasteiger partial charge in [0.1, 0.15) is 4.88 Å². The maximum Gasteiger partial charge on any atom is 0.348 e. The zero-order chi connectivity index (χ0) is 16.1. The standard InChI is InChI=1S/C16H21NO4S/c1-10-3-5-12(6-4-10)17-15(19)9-21-16(20)14-8-7-13(22-14)11(2)18/h7-8,10,12H,3-6,9H2,1-2H3,(H,17,19). The second-order valence-corrected chi connectivity index (χ2v) is 6.90. The minimum atomic E-state index is -0.565. The molecule has 0 aromatic carbocycles. The number of hydrogen-bond donors (Lipinski definition) is 1. The van der Waals surface area contributed by atoms with Crippen LogP contribution in [0.3, 0.4) is 0 Å². The second kappa shape index (κ2) is 7.54. The Bertz CT molecular complexity index is 558. The van der Waals surface area contributed by atoms with Crippen molar-refractivity contribution in [2.24, 2.45) is 5.92 Å². The summed E-state index contributed by atoms with van der Waals surface area (Å²) in [6, 6.07) is 3.32. The molecule has 0 aliphatic heterocycles. The first-order chi connectivity index (χ1) is 10.5. The van der Waals surface area contributed by atoms with Crippen molar-refractivity contribution >= 4 is 29.0 Å². The number of nitrogens with one attached hydrogen (secondary N) is 1. The summed E-state index contributed by atoms with van der Waals surface area (Å²) in [5.74, 6) is -0.199. The average molecular weight is 323 g/mol. The third-order valence-electron chi connectivity index (χ3n) is 3.87. The average Bonchev–Trinajstić information content (AvgIpc) is 2.97. The number of ether oxygens (including phenoxy) is 1. The number of hydrogen-bond acceptors (Lipinski definition) is 5. The molecule has 1 amide bonds. The Morgan fingerprint density at radius 1 is 1.18 bits per heavy atom. The third kappa shape index (κ3) is 4.66. The van der Waals surface area contributed by atoms with E-state index in [0.29, 0.717) is 9.75 Å². The molecule has 2 rings (SSSR count). The van der Waals surface area contributed by atoms with Crippen molar-refractivity contribution in [3.63, 3.8) is 0 Å². The lowest BCUT2D eigenvalue weighted by Crippen LogP contribution is -2.39. The Hall–Kier alpha value is -1.69. The third-order valence-corrected chi connectivity index (χ3v) is 5.04. The van der Waals surface area contributed by atoms with Gasteiger partial charge in [-0.3, -0.25) is 9.59 Å². The number of esters is 1. The summed E-state index contributed by atoms with van der Waals surface area (Å²) in [6.45, 7) is 3.38. The van der Waals surface area contributed by atoms with E-state index < -0.39 is 5.97 Å². The van der Waals surface area contributed by atoms with E-state index in [-0.39, 0.29) is 24.3 Å². The predicted molar refractivity (Wildman–Crippen MR) is 84.2 cm³/mol. The maximum absolute atomic E-state index is 11.8. The Morgan fingerprint density at radius 3 is 2.41 bits per heavy atom. The lowest BCUT2D eigenvalue weighted by Gasteiger charge is -2.26. The molecular weight excluding hydrogens is 302 g/mol. The molecule has 0 atom stereocenters. The van der Waals surface area contributed by atoms with Crippen molar-refractivity contribution in [2.75, 3.05) is 6.61 Å². The van der Waals surface area contributed by atoms with Gasteiger partial charge >= 0.3 is 5.97 Å². The van der Waals surface area contributed by atoms with Gasteiger partial charge in [0.2, 0.25) is 0 Å². The number of thiophene rings is 1. The fourth-order valence-corrected chi connectivity index (χ4v) is 3.31. The number of Topliss-reactive ketones (excluding diaryl/α,β-unsaturated/α-hetero) is 1. The van der Waals surface area contributed by atoms with Crippen molar-refractivity contribution in [3.05, 3.63) is 21.9 Å². The molecule has 1 saturated carbocycles. The van der Waals surface area contributed by atoms with Crippen LogP contribution in [-0.2, 0) is 9.53 Å².